The van der Waals surface area contributed by atoms with Crippen LogP contribution in [0.15, 0.2) is 12.1 Å². The van der Waals surface area contributed by atoms with E-state index in [1.165, 1.54) is 16.2 Å². The highest BCUT2D eigenvalue weighted by atomic mass is 32.1. The summed E-state index contributed by atoms with van der Waals surface area (Å²) >= 11 is 1.97. The number of thiophene rings is 1. The van der Waals surface area contributed by atoms with Crippen molar-refractivity contribution in [2.24, 2.45) is 0 Å². The summed E-state index contributed by atoms with van der Waals surface area (Å²) in [6.45, 7) is 13.7. The highest BCUT2D eigenvalue weighted by Crippen LogP contribution is 2.28. The smallest absolute Gasteiger partial charge is 0.0334 e. The van der Waals surface area contributed by atoms with Gasteiger partial charge in [-0.05, 0) is 58.5 Å². The number of hydrogen-bond acceptors (Lipinski definition) is 3. The predicted molar refractivity (Wildman–Crippen MR) is 91.9 cm³/mol. The van der Waals surface area contributed by atoms with Gasteiger partial charge in [0.25, 0.3) is 0 Å². The van der Waals surface area contributed by atoms with Crippen molar-refractivity contribution >= 4 is 11.3 Å². The Hall–Kier alpha value is -0.380. The summed E-state index contributed by atoms with van der Waals surface area (Å²) in [6.07, 6.45) is 3.45. The van der Waals surface area contributed by atoms with Crippen LogP contribution < -0.4 is 5.32 Å². The van der Waals surface area contributed by atoms with Gasteiger partial charge in [0.2, 0.25) is 0 Å². The molecule has 3 heteroatoms. The van der Waals surface area contributed by atoms with Crippen LogP contribution in [0.4, 0.5) is 0 Å². The minimum Gasteiger partial charge on any atom is -0.315 e. The molecule has 20 heavy (non-hydrogen) atoms. The van der Waals surface area contributed by atoms with E-state index in [4.69, 9.17) is 0 Å². The van der Waals surface area contributed by atoms with E-state index >= 15 is 0 Å². The summed E-state index contributed by atoms with van der Waals surface area (Å²) in [5.41, 5.74) is 0.217. The lowest BCUT2D eigenvalue weighted by Crippen LogP contribution is -2.59. The van der Waals surface area contributed by atoms with Crippen molar-refractivity contribution in [1.82, 2.24) is 10.2 Å². The number of nitrogens with one attached hydrogen (secondary N) is 1. The van der Waals surface area contributed by atoms with Gasteiger partial charge in [-0.1, -0.05) is 27.7 Å². The molecule has 0 spiro atoms. The molecule has 0 aliphatic rings. The third-order valence-electron chi connectivity index (χ3n) is 4.77. The molecule has 0 amide bonds. The van der Waals surface area contributed by atoms with E-state index in [1.54, 1.807) is 0 Å². The molecule has 2 nitrogen and oxygen atoms in total. The molecule has 0 bridgehead atoms. The molecule has 1 N–H and O–H groups in total. The topological polar surface area (TPSA) is 15.3 Å². The van der Waals surface area contributed by atoms with Crippen LogP contribution in [0.1, 0.15) is 50.8 Å². The average molecular weight is 297 g/mol. The lowest BCUT2D eigenvalue weighted by molar-refractivity contribution is 0.0733. The second-order valence-corrected chi connectivity index (χ2v) is 6.90. The molecule has 0 aliphatic carbocycles. The Balaban J connectivity index is 2.91. The molecule has 1 aromatic heterocycles. The van der Waals surface area contributed by atoms with Crippen LogP contribution in [0.2, 0.25) is 0 Å². The summed E-state index contributed by atoms with van der Waals surface area (Å²) < 4.78 is 0. The van der Waals surface area contributed by atoms with Gasteiger partial charge in [-0.15, -0.1) is 11.3 Å². The van der Waals surface area contributed by atoms with Gasteiger partial charge in [0.1, 0.15) is 0 Å². The van der Waals surface area contributed by atoms with Gasteiger partial charge < -0.3 is 5.32 Å². The number of aryl methyl sites for hydroxylation is 1. The third-order valence-corrected chi connectivity index (χ3v) is 6.02. The SMILES string of the molecule is CCc1ccc(CC(NC)C(C)(CC)N(CC)CC)s1. The van der Waals surface area contributed by atoms with E-state index in [-0.39, 0.29) is 5.54 Å². The standard InChI is InChI=1S/C17H32N2S/c1-7-14-11-12-15(20-14)13-16(18-6)17(5,8-2)19(9-3)10-4/h11-12,16,18H,7-10,13H2,1-6H3. The van der Waals surface area contributed by atoms with Gasteiger partial charge in [0.05, 0.1) is 0 Å². The Morgan fingerprint density at radius 1 is 1.15 bits per heavy atom. The van der Waals surface area contributed by atoms with Crippen molar-refractivity contribution in [2.45, 2.75) is 65.5 Å². The summed E-state index contributed by atoms with van der Waals surface area (Å²) in [5.74, 6) is 0. The van der Waals surface area contributed by atoms with Crippen molar-refractivity contribution in [3.63, 3.8) is 0 Å². The molecule has 0 aromatic carbocycles. The molecule has 2 atom stereocenters. The maximum atomic E-state index is 3.58. The summed E-state index contributed by atoms with van der Waals surface area (Å²) in [7, 11) is 2.11. The molecular formula is C17H32N2S. The van der Waals surface area contributed by atoms with E-state index < -0.39 is 0 Å². The Bertz CT molecular complexity index is 384. The molecule has 0 saturated heterocycles. The van der Waals surface area contributed by atoms with Crippen LogP contribution >= 0.6 is 11.3 Å². The van der Waals surface area contributed by atoms with E-state index in [0.717, 1.165) is 25.9 Å². The van der Waals surface area contributed by atoms with Crippen LogP contribution in [-0.2, 0) is 12.8 Å². The second-order valence-electron chi connectivity index (χ2n) is 5.65. The zero-order valence-corrected chi connectivity index (χ0v) is 14.9. The summed E-state index contributed by atoms with van der Waals surface area (Å²) in [4.78, 5) is 5.60. The summed E-state index contributed by atoms with van der Waals surface area (Å²) in [5, 5.41) is 3.58. The zero-order chi connectivity index (χ0) is 15.2. The quantitative estimate of drug-likeness (QED) is 0.742. The first-order valence-electron chi connectivity index (χ1n) is 8.05. The minimum absolute atomic E-state index is 0.217. The first kappa shape index (κ1) is 17.7. The fraction of sp³-hybridized carbons (Fsp3) is 0.765. The van der Waals surface area contributed by atoms with Crippen LogP contribution in [0.3, 0.4) is 0 Å². The zero-order valence-electron chi connectivity index (χ0n) is 14.1. The van der Waals surface area contributed by atoms with E-state index in [0.29, 0.717) is 6.04 Å². The molecule has 1 aromatic rings. The third kappa shape index (κ3) is 3.84. The van der Waals surface area contributed by atoms with Gasteiger partial charge in [0, 0.05) is 21.3 Å². The molecule has 0 fully saturated rings. The first-order chi connectivity index (χ1) is 9.55. The first-order valence-corrected chi connectivity index (χ1v) is 8.87. The normalized spacial score (nSPS) is 16.4. The lowest BCUT2D eigenvalue weighted by Gasteiger charge is -2.45. The highest BCUT2D eigenvalue weighted by molar-refractivity contribution is 7.11. The van der Waals surface area contributed by atoms with Crippen molar-refractivity contribution < 1.29 is 0 Å². The number of rotatable bonds is 9. The van der Waals surface area contributed by atoms with Crippen molar-refractivity contribution in [2.75, 3.05) is 20.1 Å². The largest absolute Gasteiger partial charge is 0.315 e. The van der Waals surface area contributed by atoms with E-state index in [1.807, 2.05) is 11.3 Å². The molecular weight excluding hydrogens is 264 g/mol. The van der Waals surface area contributed by atoms with Crippen molar-refractivity contribution in [3.8, 4) is 0 Å². The average Bonchev–Trinajstić information content (AvgIpc) is 2.93. The van der Waals surface area contributed by atoms with Crippen molar-refractivity contribution in [1.29, 1.82) is 0 Å². The molecule has 1 heterocycles. The maximum Gasteiger partial charge on any atom is 0.0334 e. The number of likely N-dealkylation sites (N-methyl/N-ethyl adjacent to an activating group) is 2. The van der Waals surface area contributed by atoms with Crippen molar-refractivity contribution in [3.05, 3.63) is 21.9 Å². The van der Waals surface area contributed by atoms with Gasteiger partial charge in [-0.3, -0.25) is 4.90 Å². The van der Waals surface area contributed by atoms with Crippen LogP contribution in [0, 0.1) is 0 Å². The number of hydrogen-bond donors (Lipinski definition) is 1. The molecule has 0 saturated carbocycles. The van der Waals surface area contributed by atoms with E-state index in [2.05, 4.69) is 64.0 Å². The fourth-order valence-electron chi connectivity index (χ4n) is 3.19. The van der Waals surface area contributed by atoms with Crippen LogP contribution in [-0.4, -0.2) is 36.6 Å². The Morgan fingerprint density at radius 3 is 2.15 bits per heavy atom. The van der Waals surface area contributed by atoms with Gasteiger partial charge in [-0.2, -0.15) is 0 Å². The van der Waals surface area contributed by atoms with Crippen LogP contribution in [0.5, 0.6) is 0 Å². The fourth-order valence-corrected chi connectivity index (χ4v) is 4.20. The molecule has 0 aliphatic heterocycles. The second kappa shape index (κ2) is 8.16. The van der Waals surface area contributed by atoms with Gasteiger partial charge in [-0.25, -0.2) is 0 Å². The Labute approximate surface area is 129 Å². The highest BCUT2D eigenvalue weighted by Gasteiger charge is 2.36. The van der Waals surface area contributed by atoms with Gasteiger partial charge >= 0.3 is 0 Å². The monoisotopic (exact) mass is 296 g/mol. The molecule has 0 radical (unpaired) electrons. The lowest BCUT2D eigenvalue weighted by atomic mass is 9.84. The molecule has 2 unspecified atom stereocenters. The Morgan fingerprint density at radius 2 is 1.75 bits per heavy atom. The molecule has 1 rings (SSSR count). The van der Waals surface area contributed by atoms with Crippen LogP contribution in [0.25, 0.3) is 0 Å². The molecule has 116 valence electrons. The predicted octanol–water partition coefficient (Wildman–Crippen LogP) is 3.95. The minimum atomic E-state index is 0.217. The van der Waals surface area contributed by atoms with E-state index in [9.17, 15) is 0 Å². The van der Waals surface area contributed by atoms with Gasteiger partial charge in [0.15, 0.2) is 0 Å². The maximum absolute atomic E-state index is 3.58. The summed E-state index contributed by atoms with van der Waals surface area (Å²) in [6, 6.07) is 5.09. The Kier molecular flexibility index (Phi) is 7.21. The number of nitrogens with zero attached hydrogens (tertiary/aromatic N) is 1.